The average Bonchev–Trinajstić information content (AvgIpc) is 2.14. The second-order valence-electron chi connectivity index (χ2n) is 5.06. The Hall–Kier alpha value is -0.470. The topological polar surface area (TPSA) is 26.0 Å². The summed E-state index contributed by atoms with van der Waals surface area (Å²) in [5.41, 5.74) is 7.34. The van der Waals surface area contributed by atoms with Gasteiger partial charge in [0.2, 0.25) is 0 Å². The van der Waals surface area contributed by atoms with E-state index in [1.165, 1.54) is 10.5 Å². The maximum Gasteiger partial charge on any atom is 0.0129 e. The van der Waals surface area contributed by atoms with E-state index in [4.69, 9.17) is 5.73 Å². The molecule has 0 heterocycles. The van der Waals surface area contributed by atoms with E-state index in [0.29, 0.717) is 0 Å². The summed E-state index contributed by atoms with van der Waals surface area (Å²) in [7, 11) is 0. The van der Waals surface area contributed by atoms with E-state index < -0.39 is 0 Å². The van der Waals surface area contributed by atoms with Gasteiger partial charge in [-0.05, 0) is 30.0 Å². The first-order chi connectivity index (χ1) is 6.89. The summed E-state index contributed by atoms with van der Waals surface area (Å²) >= 11 is 1.82. The van der Waals surface area contributed by atoms with Crippen molar-refractivity contribution in [3.05, 3.63) is 29.8 Å². The van der Waals surface area contributed by atoms with Crippen molar-refractivity contribution in [2.24, 2.45) is 5.73 Å². The van der Waals surface area contributed by atoms with E-state index in [1.54, 1.807) is 0 Å². The second-order valence-corrected chi connectivity index (χ2v) is 6.16. The van der Waals surface area contributed by atoms with Crippen molar-refractivity contribution in [3.8, 4) is 0 Å². The monoisotopic (exact) mass is 223 g/mol. The molecule has 0 unspecified atom stereocenters. The van der Waals surface area contributed by atoms with Crippen LogP contribution in [0, 0.1) is 0 Å². The number of rotatable bonds is 3. The highest BCUT2D eigenvalue weighted by molar-refractivity contribution is 7.99. The van der Waals surface area contributed by atoms with Crippen molar-refractivity contribution in [1.29, 1.82) is 0 Å². The summed E-state index contributed by atoms with van der Waals surface area (Å²) in [6.07, 6.45) is 0. The van der Waals surface area contributed by atoms with Crippen LogP contribution in [0.5, 0.6) is 0 Å². The smallest absolute Gasteiger partial charge is 0.0129 e. The Balaban J connectivity index is 2.65. The van der Waals surface area contributed by atoms with Gasteiger partial charge in [-0.1, -0.05) is 32.9 Å². The SMILES string of the molecule is C[C@H](N)CSc1ccc(C(C)(C)C)cc1. The molecule has 1 nitrogen and oxygen atoms in total. The molecular formula is C13H21NS. The molecule has 0 aliphatic heterocycles. The lowest BCUT2D eigenvalue weighted by molar-refractivity contribution is 0.590. The standard InChI is InChI=1S/C13H21NS/c1-10(14)9-15-12-7-5-11(6-8-12)13(2,3)4/h5-8,10H,9,14H2,1-4H3/t10-/m0/s1. The zero-order valence-electron chi connectivity index (χ0n) is 10.1. The van der Waals surface area contributed by atoms with Crippen LogP contribution in [0.25, 0.3) is 0 Å². The molecule has 0 saturated carbocycles. The highest BCUT2D eigenvalue weighted by atomic mass is 32.2. The van der Waals surface area contributed by atoms with Gasteiger partial charge in [-0.3, -0.25) is 0 Å². The minimum atomic E-state index is 0.240. The van der Waals surface area contributed by atoms with Crippen molar-refractivity contribution >= 4 is 11.8 Å². The van der Waals surface area contributed by atoms with Gasteiger partial charge in [0.1, 0.15) is 0 Å². The van der Waals surface area contributed by atoms with Crippen LogP contribution in [-0.4, -0.2) is 11.8 Å². The molecule has 1 rings (SSSR count). The summed E-state index contributed by atoms with van der Waals surface area (Å²) in [5, 5.41) is 0. The molecule has 2 heteroatoms. The minimum Gasteiger partial charge on any atom is -0.327 e. The van der Waals surface area contributed by atoms with Crippen molar-refractivity contribution in [2.45, 2.75) is 44.0 Å². The van der Waals surface area contributed by atoms with Gasteiger partial charge in [-0.2, -0.15) is 0 Å². The summed E-state index contributed by atoms with van der Waals surface area (Å²) < 4.78 is 0. The Bertz CT molecular complexity index is 295. The van der Waals surface area contributed by atoms with Crippen LogP contribution in [0.15, 0.2) is 29.2 Å². The molecular weight excluding hydrogens is 202 g/mol. The maximum absolute atomic E-state index is 5.72. The van der Waals surface area contributed by atoms with E-state index >= 15 is 0 Å². The van der Waals surface area contributed by atoms with Crippen molar-refractivity contribution in [2.75, 3.05) is 5.75 Å². The Morgan fingerprint density at radius 2 is 1.73 bits per heavy atom. The Labute approximate surface area is 97.4 Å². The first-order valence-electron chi connectivity index (χ1n) is 5.38. The molecule has 0 bridgehead atoms. The van der Waals surface area contributed by atoms with Crippen LogP contribution in [0.3, 0.4) is 0 Å². The third kappa shape index (κ3) is 4.27. The van der Waals surface area contributed by atoms with Gasteiger partial charge in [0.05, 0.1) is 0 Å². The van der Waals surface area contributed by atoms with Crippen LogP contribution in [-0.2, 0) is 5.41 Å². The first kappa shape index (κ1) is 12.6. The molecule has 1 aromatic rings. The summed E-state index contributed by atoms with van der Waals surface area (Å²) in [6.45, 7) is 8.74. The lowest BCUT2D eigenvalue weighted by atomic mass is 9.87. The number of hydrogen-bond donors (Lipinski definition) is 1. The summed E-state index contributed by atoms with van der Waals surface area (Å²) in [5.74, 6) is 0.981. The van der Waals surface area contributed by atoms with Crippen LogP contribution in [0.1, 0.15) is 33.3 Å². The number of hydrogen-bond acceptors (Lipinski definition) is 2. The predicted octanol–water partition coefficient (Wildman–Crippen LogP) is 3.42. The third-order valence-corrected chi connectivity index (χ3v) is 3.53. The number of nitrogens with two attached hydrogens (primary N) is 1. The Morgan fingerprint density at radius 3 is 2.13 bits per heavy atom. The van der Waals surface area contributed by atoms with Crippen molar-refractivity contribution in [3.63, 3.8) is 0 Å². The van der Waals surface area contributed by atoms with E-state index in [0.717, 1.165) is 5.75 Å². The maximum atomic E-state index is 5.72. The zero-order chi connectivity index (χ0) is 11.5. The highest BCUT2D eigenvalue weighted by Crippen LogP contribution is 2.25. The van der Waals surface area contributed by atoms with E-state index in [2.05, 4.69) is 45.0 Å². The van der Waals surface area contributed by atoms with Crippen LogP contribution < -0.4 is 5.73 Å². The number of benzene rings is 1. The Morgan fingerprint density at radius 1 is 1.20 bits per heavy atom. The molecule has 15 heavy (non-hydrogen) atoms. The number of thioether (sulfide) groups is 1. The molecule has 0 aliphatic carbocycles. The molecule has 0 radical (unpaired) electrons. The summed E-state index contributed by atoms with van der Waals surface area (Å²) in [6, 6.07) is 9.06. The fraction of sp³-hybridized carbons (Fsp3) is 0.538. The molecule has 0 fully saturated rings. The molecule has 0 aliphatic rings. The van der Waals surface area contributed by atoms with Gasteiger partial charge in [-0.15, -0.1) is 11.8 Å². The highest BCUT2D eigenvalue weighted by Gasteiger charge is 2.12. The van der Waals surface area contributed by atoms with E-state index in [9.17, 15) is 0 Å². The lowest BCUT2D eigenvalue weighted by Gasteiger charge is -2.19. The van der Waals surface area contributed by atoms with E-state index in [-0.39, 0.29) is 11.5 Å². The van der Waals surface area contributed by atoms with E-state index in [1.807, 2.05) is 18.7 Å². The van der Waals surface area contributed by atoms with Gasteiger partial charge in [-0.25, -0.2) is 0 Å². The normalized spacial score (nSPS) is 13.9. The van der Waals surface area contributed by atoms with Crippen molar-refractivity contribution in [1.82, 2.24) is 0 Å². The molecule has 0 amide bonds. The van der Waals surface area contributed by atoms with Crippen molar-refractivity contribution < 1.29 is 0 Å². The van der Waals surface area contributed by atoms with Gasteiger partial charge in [0.25, 0.3) is 0 Å². The molecule has 1 atom stereocenters. The Kier molecular flexibility index (Phi) is 4.23. The van der Waals surface area contributed by atoms with Gasteiger partial charge < -0.3 is 5.73 Å². The molecule has 2 N–H and O–H groups in total. The third-order valence-electron chi connectivity index (χ3n) is 2.23. The molecule has 0 aromatic heterocycles. The lowest BCUT2D eigenvalue weighted by Crippen LogP contribution is -2.17. The zero-order valence-corrected chi connectivity index (χ0v) is 10.9. The van der Waals surface area contributed by atoms with Gasteiger partial charge in [0.15, 0.2) is 0 Å². The largest absolute Gasteiger partial charge is 0.327 e. The molecule has 0 spiro atoms. The van der Waals surface area contributed by atoms with Crippen LogP contribution in [0.4, 0.5) is 0 Å². The minimum absolute atomic E-state index is 0.240. The molecule has 84 valence electrons. The second kappa shape index (κ2) is 5.04. The van der Waals surface area contributed by atoms with Crippen LogP contribution in [0.2, 0.25) is 0 Å². The van der Waals surface area contributed by atoms with Crippen LogP contribution >= 0.6 is 11.8 Å². The first-order valence-corrected chi connectivity index (χ1v) is 6.37. The molecule has 1 aromatic carbocycles. The fourth-order valence-electron chi connectivity index (χ4n) is 1.28. The molecule has 0 saturated heterocycles. The van der Waals surface area contributed by atoms with Gasteiger partial charge in [0, 0.05) is 16.7 Å². The quantitative estimate of drug-likeness (QED) is 0.795. The fourth-order valence-corrected chi connectivity index (χ4v) is 2.06. The van der Waals surface area contributed by atoms with Gasteiger partial charge >= 0.3 is 0 Å². The average molecular weight is 223 g/mol. The predicted molar refractivity (Wildman–Crippen MR) is 69.5 cm³/mol. The summed E-state index contributed by atoms with van der Waals surface area (Å²) in [4.78, 5) is 1.31.